The van der Waals surface area contributed by atoms with Crippen molar-refractivity contribution in [3.8, 4) is 0 Å². The van der Waals surface area contributed by atoms with Gasteiger partial charge in [0.15, 0.2) is 0 Å². The van der Waals surface area contributed by atoms with E-state index in [0.717, 1.165) is 37.1 Å². The van der Waals surface area contributed by atoms with Crippen molar-refractivity contribution in [1.29, 1.82) is 0 Å². The number of fused-ring (bicyclic) bond motifs is 1. The number of hydrogen-bond acceptors (Lipinski definition) is 7. The highest BCUT2D eigenvalue weighted by Crippen LogP contribution is 2.34. The first-order valence-electron chi connectivity index (χ1n) is 6.77. The quantitative estimate of drug-likeness (QED) is 0.437. The lowest BCUT2D eigenvalue weighted by Gasteiger charge is -2.25. The van der Waals surface area contributed by atoms with Gasteiger partial charge in [-0.05, 0) is 10.4 Å². The number of hydrogen-bond donors (Lipinski definition) is 3. The number of amides is 1. The summed E-state index contributed by atoms with van der Waals surface area (Å²) in [6.07, 6.45) is 0. The van der Waals surface area contributed by atoms with Crippen molar-refractivity contribution in [2.75, 3.05) is 38.5 Å². The van der Waals surface area contributed by atoms with Gasteiger partial charge in [0, 0.05) is 51.4 Å². The Bertz CT molecular complexity index is 481. The molecule has 3 heterocycles. The Morgan fingerprint density at radius 1 is 1.50 bits per heavy atom. The van der Waals surface area contributed by atoms with E-state index in [1.54, 1.807) is 23.5 Å². The molecule has 2 aliphatic rings. The number of carbonyl (C=O) groups excluding carboxylic acids is 1. The first kappa shape index (κ1) is 13.8. The molecular weight excluding hydrogens is 278 g/mol. The maximum absolute atomic E-state index is 12.4. The number of aryl methyl sites for hydroxylation is 1. The summed E-state index contributed by atoms with van der Waals surface area (Å²) in [7, 11) is 1.80. The second-order valence-electron chi connectivity index (χ2n) is 5.30. The predicted octanol–water partition coefficient (Wildman–Crippen LogP) is -1.77. The van der Waals surface area contributed by atoms with E-state index in [0.29, 0.717) is 12.5 Å². The molecule has 0 saturated carbocycles. The first-order valence-corrected chi connectivity index (χ1v) is 7.76. The smallest absolute Gasteiger partial charge is 0.229 e. The molecule has 1 aromatic heterocycles. The van der Waals surface area contributed by atoms with Crippen LogP contribution in [0.1, 0.15) is 0 Å². The number of tetrazole rings is 1. The zero-order chi connectivity index (χ0) is 14.0. The number of carbonyl (C=O) groups is 1. The van der Waals surface area contributed by atoms with Crippen LogP contribution >= 0.6 is 11.8 Å². The van der Waals surface area contributed by atoms with Gasteiger partial charge in [-0.15, -0.1) is 5.10 Å². The minimum Gasteiger partial charge on any atom is -0.355 e. The van der Waals surface area contributed by atoms with Crippen molar-refractivity contribution in [2.24, 2.45) is 18.4 Å². The highest BCUT2D eigenvalue weighted by atomic mass is 32.2. The molecule has 2 saturated heterocycles. The van der Waals surface area contributed by atoms with E-state index in [1.807, 2.05) is 0 Å². The van der Waals surface area contributed by atoms with Gasteiger partial charge in [-0.3, -0.25) is 4.79 Å². The van der Waals surface area contributed by atoms with Gasteiger partial charge >= 0.3 is 0 Å². The zero-order valence-electron chi connectivity index (χ0n) is 11.4. The van der Waals surface area contributed by atoms with Crippen LogP contribution in [0.15, 0.2) is 5.16 Å². The van der Waals surface area contributed by atoms with Gasteiger partial charge in [0.2, 0.25) is 11.1 Å². The van der Waals surface area contributed by atoms with Crippen LogP contribution in [0.25, 0.3) is 0 Å². The van der Waals surface area contributed by atoms with E-state index in [9.17, 15) is 4.79 Å². The summed E-state index contributed by atoms with van der Waals surface area (Å²) in [4.78, 5) is 12.4. The Labute approximate surface area is 121 Å². The molecule has 8 nitrogen and oxygen atoms in total. The standard InChI is InChI=1S/C11H19N7OS/c1-18-10(15-16-17-18)20-3-2-14-9(19)11-6-12-4-8(11)5-13-7-11/h8,12-13H,2-7H2,1H3,(H,14,19). The monoisotopic (exact) mass is 297 g/mol. The Hall–Kier alpha value is -1.19. The lowest BCUT2D eigenvalue weighted by atomic mass is 9.80. The number of thioether (sulfide) groups is 1. The number of nitrogens with one attached hydrogen (secondary N) is 3. The Balaban J connectivity index is 1.47. The molecule has 0 unspecified atom stereocenters. The molecule has 2 aliphatic heterocycles. The molecule has 0 bridgehead atoms. The van der Waals surface area contributed by atoms with Gasteiger partial charge in [-0.2, -0.15) is 0 Å². The van der Waals surface area contributed by atoms with Gasteiger partial charge in [-0.1, -0.05) is 11.8 Å². The van der Waals surface area contributed by atoms with E-state index in [-0.39, 0.29) is 11.3 Å². The topological polar surface area (TPSA) is 96.8 Å². The Morgan fingerprint density at radius 3 is 2.90 bits per heavy atom. The molecule has 0 aliphatic carbocycles. The predicted molar refractivity (Wildman–Crippen MR) is 74.2 cm³/mol. The van der Waals surface area contributed by atoms with Crippen molar-refractivity contribution < 1.29 is 4.79 Å². The van der Waals surface area contributed by atoms with Crippen LogP contribution in [0.5, 0.6) is 0 Å². The molecule has 0 aromatic carbocycles. The third-order valence-electron chi connectivity index (χ3n) is 4.10. The molecule has 9 heteroatoms. The van der Waals surface area contributed by atoms with Gasteiger partial charge in [0.25, 0.3) is 0 Å². The molecule has 20 heavy (non-hydrogen) atoms. The lowest BCUT2D eigenvalue weighted by molar-refractivity contribution is -0.130. The average Bonchev–Trinajstić information content (AvgIpc) is 3.09. The summed E-state index contributed by atoms with van der Waals surface area (Å²) in [5.74, 6) is 1.34. The van der Waals surface area contributed by atoms with Crippen LogP contribution in [0.4, 0.5) is 0 Å². The van der Waals surface area contributed by atoms with Crippen molar-refractivity contribution >= 4 is 17.7 Å². The largest absolute Gasteiger partial charge is 0.355 e. The maximum Gasteiger partial charge on any atom is 0.229 e. The molecule has 0 radical (unpaired) electrons. The van der Waals surface area contributed by atoms with Crippen molar-refractivity contribution in [1.82, 2.24) is 36.2 Å². The third kappa shape index (κ3) is 2.40. The normalized spacial score (nSPS) is 28.6. The molecule has 1 amide bonds. The van der Waals surface area contributed by atoms with Crippen molar-refractivity contribution in [3.05, 3.63) is 0 Å². The summed E-state index contributed by atoms with van der Waals surface area (Å²) in [5.41, 5.74) is -0.253. The molecule has 1 aromatic rings. The van der Waals surface area contributed by atoms with Gasteiger partial charge in [-0.25, -0.2) is 4.68 Å². The fourth-order valence-electron chi connectivity index (χ4n) is 2.93. The van der Waals surface area contributed by atoms with E-state index in [4.69, 9.17) is 0 Å². The lowest BCUT2D eigenvalue weighted by Crippen LogP contribution is -2.47. The van der Waals surface area contributed by atoms with Crippen LogP contribution in [0.3, 0.4) is 0 Å². The van der Waals surface area contributed by atoms with Gasteiger partial charge in [0.05, 0.1) is 5.41 Å². The molecule has 3 rings (SSSR count). The van der Waals surface area contributed by atoms with Crippen LogP contribution in [0, 0.1) is 11.3 Å². The van der Waals surface area contributed by atoms with Crippen molar-refractivity contribution in [3.63, 3.8) is 0 Å². The molecule has 0 spiro atoms. The summed E-state index contributed by atoms with van der Waals surface area (Å²) >= 11 is 1.54. The van der Waals surface area contributed by atoms with E-state index >= 15 is 0 Å². The zero-order valence-corrected chi connectivity index (χ0v) is 12.2. The van der Waals surface area contributed by atoms with Crippen molar-refractivity contribution in [2.45, 2.75) is 5.16 Å². The summed E-state index contributed by atoms with van der Waals surface area (Å²) in [5, 5.41) is 21.7. The van der Waals surface area contributed by atoms with Crippen LogP contribution in [0.2, 0.25) is 0 Å². The molecule has 2 fully saturated rings. The summed E-state index contributed by atoms with van der Waals surface area (Å²) in [6, 6.07) is 0. The number of aromatic nitrogens is 4. The molecule has 3 N–H and O–H groups in total. The van der Waals surface area contributed by atoms with Crippen LogP contribution in [-0.2, 0) is 11.8 Å². The maximum atomic E-state index is 12.4. The van der Waals surface area contributed by atoms with E-state index < -0.39 is 0 Å². The second kappa shape index (κ2) is 5.66. The average molecular weight is 297 g/mol. The van der Waals surface area contributed by atoms with Crippen LogP contribution < -0.4 is 16.0 Å². The minimum atomic E-state index is -0.253. The highest BCUT2D eigenvalue weighted by Gasteiger charge is 2.51. The van der Waals surface area contributed by atoms with Gasteiger partial charge in [0.1, 0.15) is 0 Å². The fourth-order valence-corrected chi connectivity index (χ4v) is 3.63. The first-order chi connectivity index (χ1) is 9.72. The van der Waals surface area contributed by atoms with Crippen LogP contribution in [-0.4, -0.2) is 64.6 Å². The fraction of sp³-hybridized carbons (Fsp3) is 0.818. The molecule has 0 atom stereocenters. The minimum absolute atomic E-state index is 0.161. The number of nitrogens with zero attached hydrogens (tertiary/aromatic N) is 4. The second-order valence-corrected chi connectivity index (χ2v) is 6.37. The summed E-state index contributed by atoms with van der Waals surface area (Å²) in [6.45, 7) is 4.04. The molecular formula is C11H19N7OS. The van der Waals surface area contributed by atoms with Gasteiger partial charge < -0.3 is 16.0 Å². The third-order valence-corrected chi connectivity index (χ3v) is 5.11. The summed E-state index contributed by atoms with van der Waals surface area (Å²) < 4.78 is 1.63. The van der Waals surface area contributed by atoms with E-state index in [1.165, 1.54) is 0 Å². The molecule has 110 valence electrons. The highest BCUT2D eigenvalue weighted by molar-refractivity contribution is 7.99. The number of rotatable bonds is 5. The van der Waals surface area contributed by atoms with E-state index in [2.05, 4.69) is 31.5 Å². The Morgan fingerprint density at radius 2 is 2.25 bits per heavy atom. The Kier molecular flexibility index (Phi) is 3.90. The SMILES string of the molecule is Cn1nnnc1SCCNC(=O)C12CNCC1CNC2.